The van der Waals surface area contributed by atoms with Crippen LogP contribution in [0, 0.1) is 0 Å². The minimum absolute atomic E-state index is 0.0181. The first-order valence-corrected chi connectivity index (χ1v) is 9.34. The van der Waals surface area contributed by atoms with Gasteiger partial charge in [0.2, 0.25) is 5.95 Å². The number of carboxylic acid groups (broad SMARTS) is 2. The second kappa shape index (κ2) is 8.43. The van der Waals surface area contributed by atoms with Gasteiger partial charge in [0, 0.05) is 6.04 Å². The number of nitrogens with zero attached hydrogens (tertiary/aromatic N) is 4. The highest BCUT2D eigenvalue weighted by molar-refractivity contribution is 5.84. The summed E-state index contributed by atoms with van der Waals surface area (Å²) >= 11 is 0. The fourth-order valence-corrected chi connectivity index (χ4v) is 3.11. The fraction of sp³-hybridized carbons (Fsp3) is 0.500. The van der Waals surface area contributed by atoms with E-state index in [4.69, 9.17) is 15.9 Å². The van der Waals surface area contributed by atoms with Crippen LogP contribution in [0.5, 0.6) is 0 Å². The number of anilines is 2. The van der Waals surface area contributed by atoms with Gasteiger partial charge in [-0.2, -0.15) is 9.97 Å². The summed E-state index contributed by atoms with van der Waals surface area (Å²) in [4.78, 5) is 32.3. The SMILES string of the molecule is Nc1nc(NC2CC2)c2ncn(C3(CO)C=CCC3)c2n1.O=C(O)CCC(=O)O. The average Bonchev–Trinajstić information content (AvgIpc) is 3.18. The van der Waals surface area contributed by atoms with Crippen LogP contribution in [0.3, 0.4) is 0 Å². The Morgan fingerprint density at radius 3 is 2.45 bits per heavy atom. The maximum atomic E-state index is 9.85. The van der Waals surface area contributed by atoms with Crippen molar-refractivity contribution in [1.29, 1.82) is 0 Å². The number of aliphatic hydroxyl groups excluding tert-OH is 1. The van der Waals surface area contributed by atoms with E-state index < -0.39 is 17.5 Å². The van der Waals surface area contributed by atoms with Gasteiger partial charge in [0.15, 0.2) is 17.0 Å². The van der Waals surface area contributed by atoms with Crippen LogP contribution in [0.4, 0.5) is 11.8 Å². The molecule has 0 spiro atoms. The Morgan fingerprint density at radius 2 is 1.93 bits per heavy atom. The number of fused-ring (bicyclic) bond motifs is 1. The van der Waals surface area contributed by atoms with Crippen LogP contribution in [0.25, 0.3) is 11.2 Å². The molecular weight excluding hydrogens is 380 g/mol. The lowest BCUT2D eigenvalue weighted by Crippen LogP contribution is -2.33. The molecular formula is C18H24N6O5. The average molecular weight is 404 g/mol. The number of hydrogen-bond donors (Lipinski definition) is 5. The van der Waals surface area contributed by atoms with Gasteiger partial charge < -0.3 is 30.9 Å². The molecule has 6 N–H and O–H groups in total. The second-order valence-electron chi connectivity index (χ2n) is 7.13. The second-order valence-corrected chi connectivity index (χ2v) is 7.13. The summed E-state index contributed by atoms with van der Waals surface area (Å²) in [6.45, 7) is 0.0181. The number of aromatic nitrogens is 4. The number of rotatable bonds is 7. The van der Waals surface area contributed by atoms with E-state index in [0.29, 0.717) is 23.0 Å². The maximum absolute atomic E-state index is 9.85. The van der Waals surface area contributed by atoms with Crippen molar-refractivity contribution in [2.75, 3.05) is 17.7 Å². The molecule has 4 rings (SSSR count). The lowest BCUT2D eigenvalue weighted by Gasteiger charge is -2.27. The van der Waals surface area contributed by atoms with Gasteiger partial charge in [0.1, 0.15) is 0 Å². The molecule has 0 aliphatic heterocycles. The molecule has 0 bridgehead atoms. The van der Waals surface area contributed by atoms with Crippen molar-refractivity contribution in [1.82, 2.24) is 19.5 Å². The van der Waals surface area contributed by atoms with Crippen LogP contribution < -0.4 is 11.1 Å². The Hall–Kier alpha value is -3.21. The van der Waals surface area contributed by atoms with E-state index >= 15 is 0 Å². The fourth-order valence-electron chi connectivity index (χ4n) is 3.11. The quantitative estimate of drug-likeness (QED) is 0.418. The van der Waals surface area contributed by atoms with Crippen LogP contribution in [-0.4, -0.2) is 59.4 Å². The summed E-state index contributed by atoms with van der Waals surface area (Å²) in [5.41, 5.74) is 6.77. The summed E-state index contributed by atoms with van der Waals surface area (Å²) in [6, 6.07) is 0.464. The number of aliphatic carboxylic acids is 2. The van der Waals surface area contributed by atoms with Crippen molar-refractivity contribution >= 4 is 34.9 Å². The first kappa shape index (κ1) is 20.5. The third kappa shape index (κ3) is 4.80. The molecule has 0 aromatic carbocycles. The van der Waals surface area contributed by atoms with Gasteiger partial charge in [-0.25, -0.2) is 4.98 Å². The van der Waals surface area contributed by atoms with Crippen molar-refractivity contribution in [2.45, 2.75) is 50.1 Å². The van der Waals surface area contributed by atoms with Gasteiger partial charge in [-0.05, 0) is 25.7 Å². The van der Waals surface area contributed by atoms with E-state index in [0.717, 1.165) is 25.7 Å². The molecule has 156 valence electrons. The Labute approximate surface area is 166 Å². The molecule has 2 aromatic heterocycles. The molecule has 1 fully saturated rings. The number of carbonyl (C=O) groups is 2. The van der Waals surface area contributed by atoms with Crippen molar-refractivity contribution in [3.63, 3.8) is 0 Å². The Morgan fingerprint density at radius 1 is 1.24 bits per heavy atom. The Balaban J connectivity index is 0.000000258. The summed E-state index contributed by atoms with van der Waals surface area (Å²) in [6.07, 6.45) is 9.31. The number of imidazole rings is 1. The highest BCUT2D eigenvalue weighted by Crippen LogP contribution is 2.34. The van der Waals surface area contributed by atoms with Crippen LogP contribution in [-0.2, 0) is 15.1 Å². The molecule has 2 aliphatic carbocycles. The Kier molecular flexibility index (Phi) is 5.97. The number of hydrogen-bond acceptors (Lipinski definition) is 8. The number of allylic oxidation sites excluding steroid dienone is 1. The third-order valence-corrected chi connectivity index (χ3v) is 4.81. The molecule has 11 nitrogen and oxygen atoms in total. The van der Waals surface area contributed by atoms with Gasteiger partial charge in [-0.1, -0.05) is 12.2 Å². The van der Waals surface area contributed by atoms with E-state index in [1.54, 1.807) is 6.33 Å². The van der Waals surface area contributed by atoms with Crippen molar-refractivity contribution in [3.8, 4) is 0 Å². The number of aliphatic hydroxyl groups is 1. The van der Waals surface area contributed by atoms with Crippen LogP contribution in [0.15, 0.2) is 18.5 Å². The molecule has 0 saturated heterocycles. The van der Waals surface area contributed by atoms with Crippen molar-refractivity contribution in [3.05, 3.63) is 18.5 Å². The first-order chi connectivity index (χ1) is 13.8. The monoisotopic (exact) mass is 404 g/mol. The highest BCUT2D eigenvalue weighted by atomic mass is 16.4. The minimum Gasteiger partial charge on any atom is -0.481 e. The third-order valence-electron chi connectivity index (χ3n) is 4.81. The number of nitrogens with one attached hydrogen (secondary N) is 1. The lowest BCUT2D eigenvalue weighted by molar-refractivity contribution is -0.143. The number of carboxylic acids is 2. The van der Waals surface area contributed by atoms with E-state index in [1.165, 1.54) is 0 Å². The molecule has 2 aliphatic rings. The summed E-state index contributed by atoms with van der Waals surface area (Å²) in [7, 11) is 0. The normalized spacial score (nSPS) is 20.3. The van der Waals surface area contributed by atoms with Crippen LogP contribution >= 0.6 is 0 Å². The predicted molar refractivity (Wildman–Crippen MR) is 104 cm³/mol. The topological polar surface area (TPSA) is 176 Å². The molecule has 11 heteroatoms. The minimum atomic E-state index is -1.08. The van der Waals surface area contributed by atoms with Gasteiger partial charge in [0.05, 0.1) is 31.3 Å². The Bertz CT molecular complexity index is 924. The van der Waals surface area contributed by atoms with Gasteiger partial charge in [0.25, 0.3) is 0 Å². The molecule has 29 heavy (non-hydrogen) atoms. The standard InChI is InChI=1S/C14H18N6O.C4H6O4/c15-13-18-11(17-9-3-4-9)10-12(19-13)20(8-16-10)14(7-21)5-1-2-6-14;5-3(6)1-2-4(7)8/h1,5,8-9,21H,2-4,6-7H2,(H3,15,17,18,19);1-2H2,(H,5,6)(H,7,8). The molecule has 1 saturated carbocycles. The van der Waals surface area contributed by atoms with Gasteiger partial charge in [-0.3, -0.25) is 9.59 Å². The first-order valence-electron chi connectivity index (χ1n) is 9.34. The zero-order valence-corrected chi connectivity index (χ0v) is 15.8. The summed E-state index contributed by atoms with van der Waals surface area (Å²) in [5, 5.41) is 29.0. The van der Waals surface area contributed by atoms with E-state index in [9.17, 15) is 14.7 Å². The van der Waals surface area contributed by atoms with E-state index in [1.807, 2.05) is 10.6 Å². The summed E-state index contributed by atoms with van der Waals surface area (Å²) in [5.74, 6) is -1.24. The van der Waals surface area contributed by atoms with Crippen molar-refractivity contribution < 1.29 is 24.9 Å². The largest absolute Gasteiger partial charge is 0.481 e. The lowest BCUT2D eigenvalue weighted by atomic mass is 10.0. The zero-order valence-electron chi connectivity index (χ0n) is 15.8. The molecule has 0 amide bonds. The zero-order chi connectivity index (χ0) is 21.0. The summed E-state index contributed by atoms with van der Waals surface area (Å²) < 4.78 is 1.92. The van der Waals surface area contributed by atoms with Crippen LogP contribution in [0.1, 0.15) is 38.5 Å². The van der Waals surface area contributed by atoms with E-state index in [-0.39, 0.29) is 25.4 Å². The smallest absolute Gasteiger partial charge is 0.303 e. The molecule has 1 unspecified atom stereocenters. The molecule has 1 atom stereocenters. The number of nitrogens with two attached hydrogens (primary N) is 1. The van der Waals surface area contributed by atoms with Crippen molar-refractivity contribution in [2.24, 2.45) is 0 Å². The number of nitrogen functional groups attached to an aromatic ring is 1. The van der Waals surface area contributed by atoms with E-state index in [2.05, 4.69) is 26.3 Å². The molecule has 2 heterocycles. The molecule has 2 aromatic rings. The van der Waals surface area contributed by atoms with Crippen LogP contribution in [0.2, 0.25) is 0 Å². The molecule has 0 radical (unpaired) electrons. The van der Waals surface area contributed by atoms with Gasteiger partial charge in [-0.15, -0.1) is 0 Å². The predicted octanol–water partition coefficient (Wildman–Crippen LogP) is 0.956. The van der Waals surface area contributed by atoms with Gasteiger partial charge >= 0.3 is 11.9 Å². The maximum Gasteiger partial charge on any atom is 0.303 e. The highest BCUT2D eigenvalue weighted by Gasteiger charge is 2.34.